The van der Waals surface area contributed by atoms with E-state index in [2.05, 4.69) is 10.1 Å². The van der Waals surface area contributed by atoms with E-state index in [0.717, 1.165) is 0 Å². The van der Waals surface area contributed by atoms with Crippen LogP contribution >= 0.6 is 11.6 Å². The highest BCUT2D eigenvalue weighted by Gasteiger charge is 2.19. The summed E-state index contributed by atoms with van der Waals surface area (Å²) in [6.07, 6.45) is 1.19. The van der Waals surface area contributed by atoms with Crippen molar-refractivity contribution in [2.45, 2.75) is 26.3 Å². The molecule has 0 radical (unpaired) electrons. The maximum absolute atomic E-state index is 13.6. The molecular weight excluding hydrogens is 269 g/mol. The van der Waals surface area contributed by atoms with Gasteiger partial charge >= 0.3 is 0 Å². The highest BCUT2D eigenvalue weighted by atomic mass is 35.5. The molecule has 0 N–H and O–H groups in total. The Morgan fingerprint density at radius 1 is 1.47 bits per heavy atom. The van der Waals surface area contributed by atoms with Crippen LogP contribution in [0.25, 0.3) is 0 Å². The zero-order valence-electron chi connectivity index (χ0n) is 10.6. The third-order valence-corrected chi connectivity index (χ3v) is 3.06. The summed E-state index contributed by atoms with van der Waals surface area (Å²) in [7, 11) is 0. The summed E-state index contributed by atoms with van der Waals surface area (Å²) in [6.45, 7) is 3.78. The van der Waals surface area contributed by atoms with Gasteiger partial charge in [0.1, 0.15) is 12.1 Å². The fourth-order valence-corrected chi connectivity index (χ4v) is 2.00. The molecule has 0 aliphatic carbocycles. The average Bonchev–Trinajstić information content (AvgIpc) is 2.83. The number of hydrogen-bond donors (Lipinski definition) is 0. The number of benzene rings is 1. The fraction of sp³-hybridized carbons (Fsp3) is 0.308. The normalized spacial score (nSPS) is 11.0. The number of halogens is 2. The van der Waals surface area contributed by atoms with Crippen LogP contribution in [0.15, 0.2) is 24.5 Å². The predicted octanol–water partition coefficient (Wildman–Crippen LogP) is 3.08. The molecule has 1 aromatic carbocycles. The molecule has 6 heteroatoms. The van der Waals surface area contributed by atoms with Crippen LogP contribution in [0.5, 0.6) is 0 Å². The average molecular weight is 282 g/mol. The highest BCUT2D eigenvalue weighted by molar-refractivity contribution is 6.31. The molecule has 0 aliphatic heterocycles. The van der Waals surface area contributed by atoms with E-state index in [1.54, 1.807) is 6.07 Å². The van der Waals surface area contributed by atoms with Crippen molar-refractivity contribution in [2.75, 3.05) is 0 Å². The second-order valence-electron chi connectivity index (χ2n) is 4.42. The van der Waals surface area contributed by atoms with E-state index < -0.39 is 5.82 Å². The van der Waals surface area contributed by atoms with Crippen LogP contribution in [0, 0.1) is 5.82 Å². The first kappa shape index (κ1) is 13.7. The minimum Gasteiger partial charge on any atom is -0.290 e. The van der Waals surface area contributed by atoms with Gasteiger partial charge in [-0.3, -0.25) is 4.79 Å². The van der Waals surface area contributed by atoms with Gasteiger partial charge in [0.15, 0.2) is 5.82 Å². The summed E-state index contributed by atoms with van der Waals surface area (Å²) in [4.78, 5) is 16.1. The molecule has 0 unspecified atom stereocenters. The number of hydrogen-bond acceptors (Lipinski definition) is 3. The van der Waals surface area contributed by atoms with Crippen molar-refractivity contribution < 1.29 is 9.18 Å². The summed E-state index contributed by atoms with van der Waals surface area (Å²) in [6, 6.07) is 4.35. The molecule has 19 heavy (non-hydrogen) atoms. The third kappa shape index (κ3) is 2.81. The van der Waals surface area contributed by atoms with Gasteiger partial charge in [0.05, 0.1) is 0 Å². The lowest BCUT2D eigenvalue weighted by atomic mass is 10.1. The van der Waals surface area contributed by atoms with Crippen LogP contribution in [-0.4, -0.2) is 20.5 Å². The molecule has 100 valence electrons. The Morgan fingerprint density at radius 3 is 2.84 bits per heavy atom. The Bertz CT molecular complexity index is 589. The lowest BCUT2D eigenvalue weighted by molar-refractivity contribution is 0.0974. The van der Waals surface area contributed by atoms with Gasteiger partial charge in [-0.25, -0.2) is 14.1 Å². The van der Waals surface area contributed by atoms with E-state index >= 15 is 0 Å². The zero-order chi connectivity index (χ0) is 14.0. The van der Waals surface area contributed by atoms with Crippen molar-refractivity contribution in [3.63, 3.8) is 0 Å². The molecule has 0 atom stereocenters. The standard InChI is InChI=1S/C13H13ClFN3O/c1-8(2)18-13(16-7-17-18)12(19)6-9-10(14)4-3-5-11(9)15/h3-5,7-8H,6H2,1-2H3. The van der Waals surface area contributed by atoms with Gasteiger partial charge in [-0.2, -0.15) is 5.10 Å². The Labute approximate surface area is 115 Å². The van der Waals surface area contributed by atoms with Gasteiger partial charge in [-0.15, -0.1) is 0 Å². The van der Waals surface area contributed by atoms with Crippen molar-refractivity contribution in [3.8, 4) is 0 Å². The van der Waals surface area contributed by atoms with Crippen LogP contribution in [0.4, 0.5) is 4.39 Å². The topological polar surface area (TPSA) is 47.8 Å². The van der Waals surface area contributed by atoms with Crippen LogP contribution < -0.4 is 0 Å². The summed E-state index contributed by atoms with van der Waals surface area (Å²) >= 11 is 5.90. The molecule has 0 saturated heterocycles. The fourth-order valence-electron chi connectivity index (χ4n) is 1.77. The van der Waals surface area contributed by atoms with E-state index in [0.29, 0.717) is 0 Å². The molecular formula is C13H13ClFN3O. The summed E-state index contributed by atoms with van der Waals surface area (Å²) in [5.74, 6) is -0.580. The first-order chi connectivity index (χ1) is 9.00. The van der Waals surface area contributed by atoms with Crippen LogP contribution in [0.1, 0.15) is 36.1 Å². The molecule has 2 aromatic rings. The molecule has 0 fully saturated rings. The summed E-state index contributed by atoms with van der Waals surface area (Å²) in [5, 5.41) is 4.22. The number of nitrogens with zero attached hydrogens (tertiary/aromatic N) is 3. The number of rotatable bonds is 4. The molecule has 0 amide bonds. The Balaban J connectivity index is 2.29. The Kier molecular flexibility index (Phi) is 3.95. The molecule has 2 rings (SSSR count). The Morgan fingerprint density at radius 2 is 2.21 bits per heavy atom. The SMILES string of the molecule is CC(C)n1ncnc1C(=O)Cc1c(F)cccc1Cl. The number of ketones is 1. The summed E-state index contributed by atoms with van der Waals surface area (Å²) in [5.41, 5.74) is 0.187. The first-order valence-corrected chi connectivity index (χ1v) is 6.24. The second-order valence-corrected chi connectivity index (χ2v) is 4.83. The van der Waals surface area contributed by atoms with Crippen molar-refractivity contribution in [2.24, 2.45) is 0 Å². The maximum atomic E-state index is 13.6. The largest absolute Gasteiger partial charge is 0.290 e. The van der Waals surface area contributed by atoms with Gasteiger partial charge < -0.3 is 0 Å². The number of aromatic nitrogens is 3. The van der Waals surface area contributed by atoms with Crippen molar-refractivity contribution >= 4 is 17.4 Å². The zero-order valence-corrected chi connectivity index (χ0v) is 11.4. The predicted molar refractivity (Wildman–Crippen MR) is 69.9 cm³/mol. The van der Waals surface area contributed by atoms with Crippen molar-refractivity contribution in [1.82, 2.24) is 14.8 Å². The molecule has 0 spiro atoms. The maximum Gasteiger partial charge on any atom is 0.204 e. The first-order valence-electron chi connectivity index (χ1n) is 5.86. The molecule has 4 nitrogen and oxygen atoms in total. The van der Waals surface area contributed by atoms with Crippen LogP contribution in [-0.2, 0) is 6.42 Å². The number of carbonyl (C=O) groups excluding carboxylic acids is 1. The second kappa shape index (κ2) is 5.48. The van der Waals surface area contributed by atoms with E-state index in [9.17, 15) is 9.18 Å². The van der Waals surface area contributed by atoms with Crippen LogP contribution in [0.2, 0.25) is 5.02 Å². The van der Waals surface area contributed by atoms with Gasteiger partial charge in [0.2, 0.25) is 5.78 Å². The van der Waals surface area contributed by atoms with E-state index in [1.807, 2.05) is 13.8 Å². The number of carbonyl (C=O) groups is 1. The molecule has 0 bridgehead atoms. The highest BCUT2D eigenvalue weighted by Crippen LogP contribution is 2.21. The third-order valence-electron chi connectivity index (χ3n) is 2.71. The van der Waals surface area contributed by atoms with E-state index in [1.165, 1.54) is 23.1 Å². The summed E-state index contributed by atoms with van der Waals surface area (Å²) < 4.78 is 15.1. The van der Waals surface area contributed by atoms with Crippen molar-refractivity contribution in [1.29, 1.82) is 0 Å². The lowest BCUT2D eigenvalue weighted by Crippen LogP contribution is -2.16. The van der Waals surface area contributed by atoms with Crippen LogP contribution in [0.3, 0.4) is 0 Å². The quantitative estimate of drug-likeness (QED) is 0.809. The molecule has 1 heterocycles. The van der Waals surface area contributed by atoms with Gasteiger partial charge in [0, 0.05) is 23.0 Å². The molecule has 1 aromatic heterocycles. The monoisotopic (exact) mass is 281 g/mol. The lowest BCUT2D eigenvalue weighted by Gasteiger charge is -2.09. The Hall–Kier alpha value is -1.75. The van der Waals surface area contributed by atoms with E-state index in [4.69, 9.17) is 11.6 Å². The van der Waals surface area contributed by atoms with Gasteiger partial charge in [-0.05, 0) is 26.0 Å². The minimum absolute atomic E-state index is 0.0116. The molecule has 0 saturated carbocycles. The molecule has 0 aliphatic rings. The minimum atomic E-state index is -0.489. The van der Waals surface area contributed by atoms with Gasteiger partial charge in [0.25, 0.3) is 0 Å². The van der Waals surface area contributed by atoms with Crippen molar-refractivity contribution in [3.05, 3.63) is 46.8 Å². The van der Waals surface area contributed by atoms with E-state index in [-0.39, 0.29) is 34.7 Å². The van der Waals surface area contributed by atoms with Gasteiger partial charge in [-0.1, -0.05) is 17.7 Å². The smallest absolute Gasteiger partial charge is 0.204 e. The number of Topliss-reactive ketones (excluding diaryl/α,β-unsaturated/α-hetero) is 1.